The van der Waals surface area contributed by atoms with Gasteiger partial charge in [0.2, 0.25) is 5.91 Å². The van der Waals surface area contributed by atoms with Crippen molar-refractivity contribution in [1.29, 1.82) is 0 Å². The van der Waals surface area contributed by atoms with E-state index in [9.17, 15) is 13.6 Å². The number of amides is 1. The lowest BCUT2D eigenvalue weighted by Crippen LogP contribution is -2.36. The molecule has 1 rings (SSSR count). The van der Waals surface area contributed by atoms with Crippen LogP contribution < -0.4 is 0 Å². The van der Waals surface area contributed by atoms with Gasteiger partial charge in [-0.2, -0.15) is 0 Å². The summed E-state index contributed by atoms with van der Waals surface area (Å²) in [5.41, 5.74) is 0. The van der Waals surface area contributed by atoms with Crippen molar-refractivity contribution in [2.24, 2.45) is 5.92 Å². The first-order valence-electron chi connectivity index (χ1n) is 5.53. The zero-order valence-electron chi connectivity index (χ0n) is 9.59. The minimum absolute atomic E-state index is 0.155. The number of carbonyl (C=O) groups excluding carboxylic acids is 1. The van der Waals surface area contributed by atoms with E-state index in [-0.39, 0.29) is 18.4 Å². The van der Waals surface area contributed by atoms with E-state index in [1.54, 1.807) is 6.92 Å². The van der Waals surface area contributed by atoms with E-state index in [0.29, 0.717) is 18.8 Å². The highest BCUT2D eigenvalue weighted by Gasteiger charge is 2.46. The molecule has 1 atom stereocenters. The van der Waals surface area contributed by atoms with Crippen LogP contribution in [0.15, 0.2) is 0 Å². The predicted molar refractivity (Wildman–Crippen MR) is 54.8 cm³/mol. The lowest BCUT2D eigenvalue weighted by atomic mass is 10.0. The van der Waals surface area contributed by atoms with Crippen molar-refractivity contribution < 1.29 is 13.6 Å². The first-order chi connectivity index (χ1) is 6.85. The molecule has 0 saturated carbocycles. The van der Waals surface area contributed by atoms with Crippen molar-refractivity contribution in [2.75, 3.05) is 6.54 Å². The molecule has 0 spiro atoms. The zero-order valence-corrected chi connectivity index (χ0v) is 9.59. The topological polar surface area (TPSA) is 20.3 Å². The largest absolute Gasteiger partial charge is 0.333 e. The Morgan fingerprint density at radius 1 is 1.53 bits per heavy atom. The summed E-state index contributed by atoms with van der Waals surface area (Å²) < 4.78 is 26.4. The Morgan fingerprint density at radius 3 is 2.60 bits per heavy atom. The third-order valence-corrected chi connectivity index (χ3v) is 2.74. The third kappa shape index (κ3) is 3.14. The van der Waals surface area contributed by atoms with Crippen molar-refractivity contribution >= 4 is 5.91 Å². The number of hydrogen-bond acceptors (Lipinski definition) is 1. The van der Waals surface area contributed by atoms with E-state index in [2.05, 4.69) is 0 Å². The predicted octanol–water partition coefficient (Wildman–Crippen LogP) is 2.68. The Kier molecular flexibility index (Phi) is 3.68. The molecule has 1 saturated heterocycles. The molecule has 1 heterocycles. The Morgan fingerprint density at radius 2 is 2.13 bits per heavy atom. The molecular weight excluding hydrogens is 200 g/mol. The first-order valence-corrected chi connectivity index (χ1v) is 5.53. The summed E-state index contributed by atoms with van der Waals surface area (Å²) in [5.74, 6) is -2.50. The van der Waals surface area contributed by atoms with Crippen LogP contribution in [-0.2, 0) is 4.79 Å². The van der Waals surface area contributed by atoms with Gasteiger partial charge in [0.15, 0.2) is 0 Å². The molecule has 2 nitrogen and oxygen atoms in total. The second kappa shape index (κ2) is 4.45. The zero-order chi connectivity index (χ0) is 11.6. The number of halogens is 2. The van der Waals surface area contributed by atoms with Gasteiger partial charge in [0, 0.05) is 18.9 Å². The van der Waals surface area contributed by atoms with Crippen molar-refractivity contribution in [3.8, 4) is 0 Å². The van der Waals surface area contributed by atoms with E-state index in [4.69, 9.17) is 0 Å². The summed E-state index contributed by atoms with van der Waals surface area (Å²) in [6.07, 6.45) is 0.808. The van der Waals surface area contributed by atoms with Crippen LogP contribution in [0.2, 0.25) is 0 Å². The number of hydrogen-bond donors (Lipinski definition) is 0. The molecule has 0 N–H and O–H groups in total. The molecule has 0 radical (unpaired) electrons. The van der Waals surface area contributed by atoms with E-state index in [0.717, 1.165) is 0 Å². The van der Waals surface area contributed by atoms with Gasteiger partial charge in [0.25, 0.3) is 5.92 Å². The summed E-state index contributed by atoms with van der Waals surface area (Å²) in [6.45, 7) is 5.30. The summed E-state index contributed by atoms with van der Waals surface area (Å²) in [4.78, 5) is 12.8. The van der Waals surface area contributed by atoms with E-state index in [1.165, 1.54) is 4.90 Å². The molecule has 0 bridgehead atoms. The summed E-state index contributed by atoms with van der Waals surface area (Å²) in [5, 5.41) is 0. The van der Waals surface area contributed by atoms with Crippen molar-refractivity contribution in [3.05, 3.63) is 0 Å². The molecule has 4 heteroatoms. The van der Waals surface area contributed by atoms with Crippen molar-refractivity contribution in [3.63, 3.8) is 0 Å². The normalized spacial score (nSPS) is 24.9. The van der Waals surface area contributed by atoms with Gasteiger partial charge in [-0.3, -0.25) is 4.79 Å². The van der Waals surface area contributed by atoms with Crippen LogP contribution in [0.1, 0.15) is 40.0 Å². The average molecular weight is 219 g/mol. The molecule has 1 fully saturated rings. The molecule has 1 aliphatic heterocycles. The quantitative estimate of drug-likeness (QED) is 0.714. The van der Waals surface area contributed by atoms with Crippen LogP contribution in [-0.4, -0.2) is 29.3 Å². The molecule has 1 aliphatic rings. The Labute approximate surface area is 89.6 Å². The van der Waals surface area contributed by atoms with Gasteiger partial charge in [-0.1, -0.05) is 20.8 Å². The van der Waals surface area contributed by atoms with Gasteiger partial charge in [-0.15, -0.1) is 0 Å². The molecule has 0 aromatic heterocycles. The molecule has 0 unspecified atom stereocenters. The van der Waals surface area contributed by atoms with E-state index >= 15 is 0 Å². The molecule has 15 heavy (non-hydrogen) atoms. The second-order valence-corrected chi connectivity index (χ2v) is 4.72. The van der Waals surface area contributed by atoms with Gasteiger partial charge < -0.3 is 4.90 Å². The maximum absolute atomic E-state index is 13.2. The Balaban J connectivity index is 2.70. The number of alkyl halides is 2. The number of likely N-dealkylation sites (tertiary alicyclic amines) is 1. The van der Waals surface area contributed by atoms with Crippen LogP contribution in [0.3, 0.4) is 0 Å². The highest BCUT2D eigenvalue weighted by molar-refractivity contribution is 5.76. The number of carbonyl (C=O) groups is 1. The highest BCUT2D eigenvalue weighted by Crippen LogP contribution is 2.35. The summed E-state index contributed by atoms with van der Waals surface area (Å²) >= 11 is 0. The third-order valence-electron chi connectivity index (χ3n) is 2.74. The molecular formula is C11H19F2NO. The average Bonchev–Trinajstić information content (AvgIpc) is 2.38. The van der Waals surface area contributed by atoms with Crippen LogP contribution in [0.4, 0.5) is 8.78 Å². The van der Waals surface area contributed by atoms with Gasteiger partial charge in [0.1, 0.15) is 0 Å². The summed E-state index contributed by atoms with van der Waals surface area (Å²) in [7, 11) is 0. The fourth-order valence-electron chi connectivity index (χ4n) is 2.15. The van der Waals surface area contributed by atoms with Crippen LogP contribution in [0.5, 0.6) is 0 Å². The van der Waals surface area contributed by atoms with E-state index < -0.39 is 12.5 Å². The monoisotopic (exact) mass is 219 g/mol. The van der Waals surface area contributed by atoms with Gasteiger partial charge in [-0.25, -0.2) is 8.78 Å². The van der Waals surface area contributed by atoms with Gasteiger partial charge in [0.05, 0.1) is 6.54 Å². The molecule has 0 aromatic carbocycles. The lowest BCUT2D eigenvalue weighted by Gasteiger charge is -2.24. The molecule has 88 valence electrons. The minimum atomic E-state index is -2.69. The SMILES string of the molecule is CCC(=O)N1CC(F)(F)C[C@@H]1CC(C)C. The van der Waals surface area contributed by atoms with Crippen molar-refractivity contribution in [2.45, 2.75) is 52.0 Å². The first kappa shape index (κ1) is 12.4. The lowest BCUT2D eigenvalue weighted by molar-refractivity contribution is -0.133. The number of rotatable bonds is 3. The molecule has 0 aliphatic carbocycles. The second-order valence-electron chi connectivity index (χ2n) is 4.72. The van der Waals surface area contributed by atoms with Crippen LogP contribution in [0.25, 0.3) is 0 Å². The number of nitrogens with zero attached hydrogens (tertiary/aromatic N) is 1. The summed E-state index contributed by atoms with van der Waals surface area (Å²) in [6, 6.07) is -0.271. The maximum Gasteiger partial charge on any atom is 0.267 e. The highest BCUT2D eigenvalue weighted by atomic mass is 19.3. The van der Waals surface area contributed by atoms with Crippen LogP contribution >= 0.6 is 0 Å². The molecule has 1 amide bonds. The minimum Gasteiger partial charge on any atom is -0.333 e. The van der Waals surface area contributed by atoms with Crippen molar-refractivity contribution in [1.82, 2.24) is 4.90 Å². The van der Waals surface area contributed by atoms with E-state index in [1.807, 2.05) is 13.8 Å². The standard InChI is InChI=1S/C11H19F2NO/c1-4-10(15)14-7-11(12,13)6-9(14)5-8(2)3/h8-9H,4-7H2,1-3H3/t9-/m0/s1. The Hall–Kier alpha value is -0.670. The smallest absolute Gasteiger partial charge is 0.267 e. The van der Waals surface area contributed by atoms with Gasteiger partial charge in [-0.05, 0) is 12.3 Å². The Bertz CT molecular complexity index is 241. The van der Waals surface area contributed by atoms with Crippen LogP contribution in [0, 0.1) is 5.92 Å². The van der Waals surface area contributed by atoms with Gasteiger partial charge >= 0.3 is 0 Å². The fraction of sp³-hybridized carbons (Fsp3) is 0.909. The maximum atomic E-state index is 13.2. The fourth-order valence-corrected chi connectivity index (χ4v) is 2.15. The molecule has 0 aromatic rings.